The van der Waals surface area contributed by atoms with Crippen molar-refractivity contribution in [3.8, 4) is 5.75 Å². The van der Waals surface area contributed by atoms with Crippen molar-refractivity contribution < 1.29 is 14.5 Å². The largest absolute Gasteiger partial charge is 0.490 e. The van der Waals surface area contributed by atoms with Gasteiger partial charge in [0.2, 0.25) is 5.91 Å². The summed E-state index contributed by atoms with van der Waals surface area (Å²) in [5, 5.41) is 17.3. The normalized spacial score (nSPS) is 14.8. The Morgan fingerprint density at radius 1 is 1.42 bits per heavy atom. The van der Waals surface area contributed by atoms with Gasteiger partial charge in [0.1, 0.15) is 0 Å². The molecule has 0 saturated carbocycles. The molecule has 26 heavy (non-hydrogen) atoms. The van der Waals surface area contributed by atoms with Crippen molar-refractivity contribution in [1.29, 1.82) is 0 Å². The number of nitrogens with one attached hydrogen (secondary N) is 2. The molecular formula is C17H26N4O4S. The first-order valence-corrected chi connectivity index (χ1v) is 9.84. The average Bonchev–Trinajstić information content (AvgIpc) is 2.66. The molecule has 2 rings (SSSR count). The highest BCUT2D eigenvalue weighted by Gasteiger charge is 2.15. The Labute approximate surface area is 157 Å². The van der Waals surface area contributed by atoms with Gasteiger partial charge in [-0.15, -0.1) is 11.8 Å². The first kappa shape index (κ1) is 20.5. The van der Waals surface area contributed by atoms with E-state index >= 15 is 0 Å². The molecule has 1 aromatic carbocycles. The molecule has 1 aliphatic rings. The summed E-state index contributed by atoms with van der Waals surface area (Å²) in [7, 11) is 1.41. The Kier molecular flexibility index (Phi) is 8.66. The number of benzene rings is 1. The van der Waals surface area contributed by atoms with Crippen molar-refractivity contribution in [3.63, 3.8) is 0 Å². The van der Waals surface area contributed by atoms with Crippen LogP contribution in [0.2, 0.25) is 0 Å². The number of ether oxygens (including phenoxy) is 1. The van der Waals surface area contributed by atoms with E-state index in [-0.39, 0.29) is 17.3 Å². The summed E-state index contributed by atoms with van der Waals surface area (Å²) >= 11 is 1.44. The molecule has 1 aromatic rings. The first-order chi connectivity index (χ1) is 12.6. The molecule has 1 aliphatic heterocycles. The van der Waals surface area contributed by atoms with Crippen molar-refractivity contribution in [2.75, 3.05) is 52.1 Å². The Hall–Kier alpha value is -1.84. The van der Waals surface area contributed by atoms with Crippen molar-refractivity contribution in [2.45, 2.75) is 12.2 Å². The summed E-state index contributed by atoms with van der Waals surface area (Å²) in [6.07, 6.45) is 0.946. The lowest BCUT2D eigenvalue weighted by Crippen LogP contribution is -2.44. The lowest BCUT2D eigenvalue weighted by atomic mass is 10.2. The maximum absolute atomic E-state index is 11.9. The van der Waals surface area contributed by atoms with E-state index < -0.39 is 4.92 Å². The van der Waals surface area contributed by atoms with Crippen molar-refractivity contribution >= 4 is 23.4 Å². The SMILES string of the molecule is COc1ccc(CSCC(=O)NCCCN2CCNCC2)cc1[N+](=O)[O-]. The van der Waals surface area contributed by atoms with Crippen LogP contribution in [0.5, 0.6) is 5.75 Å². The van der Waals surface area contributed by atoms with Crippen molar-refractivity contribution in [2.24, 2.45) is 0 Å². The van der Waals surface area contributed by atoms with Gasteiger partial charge >= 0.3 is 5.69 Å². The van der Waals surface area contributed by atoms with Crippen LogP contribution in [0.4, 0.5) is 5.69 Å². The van der Waals surface area contributed by atoms with Crippen LogP contribution in [0.1, 0.15) is 12.0 Å². The number of carbonyl (C=O) groups is 1. The molecule has 2 N–H and O–H groups in total. The highest BCUT2D eigenvalue weighted by molar-refractivity contribution is 7.99. The minimum absolute atomic E-state index is 0.00155. The smallest absolute Gasteiger partial charge is 0.311 e. The van der Waals surface area contributed by atoms with Gasteiger partial charge in [0.25, 0.3) is 0 Å². The summed E-state index contributed by atoms with van der Waals surface area (Å²) in [6.45, 7) is 5.89. The lowest BCUT2D eigenvalue weighted by Gasteiger charge is -2.27. The summed E-state index contributed by atoms with van der Waals surface area (Å²) in [5.41, 5.74) is 0.747. The zero-order valence-corrected chi connectivity index (χ0v) is 15.8. The van der Waals surface area contributed by atoms with Crippen molar-refractivity contribution in [1.82, 2.24) is 15.5 Å². The van der Waals surface area contributed by atoms with Crippen LogP contribution in [0, 0.1) is 10.1 Å². The van der Waals surface area contributed by atoms with Gasteiger partial charge in [-0.05, 0) is 24.6 Å². The third kappa shape index (κ3) is 6.81. The topological polar surface area (TPSA) is 96.7 Å². The first-order valence-electron chi connectivity index (χ1n) is 8.69. The Bertz CT molecular complexity index is 608. The van der Waals surface area contributed by atoms with Crippen LogP contribution >= 0.6 is 11.8 Å². The highest BCUT2D eigenvalue weighted by Crippen LogP contribution is 2.28. The molecule has 1 saturated heterocycles. The molecule has 0 unspecified atom stereocenters. The maximum Gasteiger partial charge on any atom is 0.311 e. The number of amides is 1. The summed E-state index contributed by atoms with van der Waals surface area (Å²) in [4.78, 5) is 24.8. The molecule has 1 amide bonds. The molecule has 144 valence electrons. The molecule has 0 aromatic heterocycles. The fourth-order valence-corrected chi connectivity index (χ4v) is 3.55. The predicted octanol–water partition coefficient (Wildman–Crippen LogP) is 1.25. The molecule has 0 atom stereocenters. The number of nitrogens with zero attached hydrogens (tertiary/aromatic N) is 2. The van der Waals surface area contributed by atoms with E-state index in [1.54, 1.807) is 12.1 Å². The van der Waals surface area contributed by atoms with E-state index in [2.05, 4.69) is 15.5 Å². The van der Waals surface area contributed by atoms with Crippen LogP contribution in [-0.2, 0) is 10.5 Å². The fourth-order valence-electron chi connectivity index (χ4n) is 2.75. The number of piperazine rings is 1. The molecule has 1 heterocycles. The monoisotopic (exact) mass is 382 g/mol. The van der Waals surface area contributed by atoms with Gasteiger partial charge in [-0.3, -0.25) is 14.9 Å². The molecule has 9 heteroatoms. The van der Waals surface area contributed by atoms with E-state index in [9.17, 15) is 14.9 Å². The zero-order valence-electron chi connectivity index (χ0n) is 15.0. The van der Waals surface area contributed by atoms with E-state index in [0.29, 0.717) is 18.1 Å². The summed E-state index contributed by atoms with van der Waals surface area (Å²) in [5.74, 6) is 1.12. The van der Waals surface area contributed by atoms with Crippen LogP contribution in [0.3, 0.4) is 0 Å². The van der Waals surface area contributed by atoms with E-state index in [4.69, 9.17) is 4.74 Å². The molecule has 0 bridgehead atoms. The molecular weight excluding hydrogens is 356 g/mol. The maximum atomic E-state index is 11.9. The van der Waals surface area contributed by atoms with Gasteiger partial charge in [-0.1, -0.05) is 6.07 Å². The quantitative estimate of drug-likeness (QED) is 0.357. The number of nitro groups is 1. The van der Waals surface area contributed by atoms with Crippen LogP contribution < -0.4 is 15.4 Å². The number of nitro benzene ring substituents is 1. The Balaban J connectivity index is 1.63. The van der Waals surface area contributed by atoms with Gasteiger partial charge in [0.15, 0.2) is 5.75 Å². The van der Waals surface area contributed by atoms with Crippen LogP contribution in [0.15, 0.2) is 18.2 Å². The minimum Gasteiger partial charge on any atom is -0.490 e. The van der Waals surface area contributed by atoms with E-state index in [1.165, 1.54) is 24.9 Å². The number of rotatable bonds is 10. The number of methoxy groups -OCH3 is 1. The zero-order chi connectivity index (χ0) is 18.8. The molecule has 0 aliphatic carbocycles. The van der Waals surface area contributed by atoms with E-state index in [0.717, 1.165) is 44.7 Å². The number of carbonyl (C=O) groups excluding carboxylic acids is 1. The van der Waals surface area contributed by atoms with Gasteiger partial charge in [0, 0.05) is 44.5 Å². The molecule has 0 radical (unpaired) electrons. The van der Waals surface area contributed by atoms with E-state index in [1.807, 2.05) is 0 Å². The van der Waals surface area contributed by atoms with Gasteiger partial charge < -0.3 is 20.3 Å². The molecule has 1 fully saturated rings. The van der Waals surface area contributed by atoms with Gasteiger partial charge in [0.05, 0.1) is 17.8 Å². The Morgan fingerprint density at radius 3 is 2.88 bits per heavy atom. The van der Waals surface area contributed by atoms with Gasteiger partial charge in [-0.2, -0.15) is 0 Å². The summed E-state index contributed by atoms with van der Waals surface area (Å²) in [6, 6.07) is 4.87. The highest BCUT2D eigenvalue weighted by atomic mass is 32.2. The fraction of sp³-hybridized carbons (Fsp3) is 0.588. The third-order valence-corrected chi connectivity index (χ3v) is 5.13. The molecule has 0 spiro atoms. The van der Waals surface area contributed by atoms with Gasteiger partial charge in [-0.25, -0.2) is 0 Å². The second-order valence-corrected chi connectivity index (χ2v) is 7.04. The van der Waals surface area contributed by atoms with Crippen LogP contribution in [0.25, 0.3) is 0 Å². The van der Waals surface area contributed by atoms with Crippen molar-refractivity contribution in [3.05, 3.63) is 33.9 Å². The Morgan fingerprint density at radius 2 is 2.19 bits per heavy atom. The minimum atomic E-state index is -0.460. The van der Waals surface area contributed by atoms with Crippen LogP contribution in [-0.4, -0.2) is 67.9 Å². The average molecular weight is 382 g/mol. The predicted molar refractivity (Wildman–Crippen MR) is 103 cm³/mol. The summed E-state index contributed by atoms with van der Waals surface area (Å²) < 4.78 is 4.98. The standard InChI is InChI=1S/C17H26N4O4S/c1-25-16-4-3-14(11-15(16)21(23)24)12-26-13-17(22)19-5-2-8-20-9-6-18-7-10-20/h3-4,11,18H,2,5-10,12-13H2,1H3,(H,19,22). The second kappa shape index (κ2) is 11.0. The molecule has 8 nitrogen and oxygen atoms in total. The number of hydrogen-bond donors (Lipinski definition) is 2. The number of hydrogen-bond acceptors (Lipinski definition) is 7. The lowest BCUT2D eigenvalue weighted by molar-refractivity contribution is -0.385. The number of thioether (sulfide) groups is 1. The third-order valence-electron chi connectivity index (χ3n) is 4.12. The second-order valence-electron chi connectivity index (χ2n) is 6.05.